The van der Waals surface area contributed by atoms with Gasteiger partial charge in [0.15, 0.2) is 0 Å². The lowest BCUT2D eigenvalue weighted by Crippen LogP contribution is -2.14. The standard InChI is InChI=1S/C32H36N4O5/c1-15-10-20-11-24-18(4)32(19(5)37)29(36-24)13-26-17(3)22(7-9-31(40)41)28(35-26)14-27-21(6-8-30(38)39)16(2)25(34-27)12-23(15)33-20/h10-14,19,33-37H,6-9H2,1-5H3,(H,38,39)(H,40,41). The van der Waals surface area contributed by atoms with Crippen LogP contribution in [0.25, 0.3) is 24.3 Å². The summed E-state index contributed by atoms with van der Waals surface area (Å²) in [6.07, 6.45) is 7.92. The molecule has 0 fully saturated rings. The number of carboxylic acid groups (broad SMARTS) is 2. The minimum Gasteiger partial charge on any atom is -0.481 e. The largest absolute Gasteiger partial charge is 0.481 e. The van der Waals surface area contributed by atoms with Crippen LogP contribution < -0.4 is 21.4 Å². The number of carbonyl (C=O) groups is 2. The molecular formula is C32H36N4O5. The van der Waals surface area contributed by atoms with E-state index in [9.17, 15) is 24.9 Å². The third-order valence-corrected chi connectivity index (χ3v) is 8.11. The van der Waals surface area contributed by atoms with E-state index in [0.29, 0.717) is 12.8 Å². The van der Waals surface area contributed by atoms with Gasteiger partial charge in [-0.15, -0.1) is 0 Å². The first kappa shape index (κ1) is 28.0. The summed E-state index contributed by atoms with van der Waals surface area (Å²) >= 11 is 0. The molecule has 1 aliphatic rings. The summed E-state index contributed by atoms with van der Waals surface area (Å²) in [5, 5.41) is 33.0. The zero-order valence-electron chi connectivity index (χ0n) is 24.0. The Labute approximate surface area is 236 Å². The Morgan fingerprint density at radius 3 is 1.93 bits per heavy atom. The van der Waals surface area contributed by atoms with Gasteiger partial charge in [0.2, 0.25) is 0 Å². The Morgan fingerprint density at radius 1 is 0.683 bits per heavy atom. The fourth-order valence-corrected chi connectivity index (χ4v) is 5.87. The fraction of sp³-hybridized carbons (Fsp3) is 0.312. The van der Waals surface area contributed by atoms with Gasteiger partial charge in [-0.3, -0.25) is 9.59 Å². The number of aromatic amines is 4. The second-order valence-corrected chi connectivity index (χ2v) is 11.0. The lowest BCUT2D eigenvalue weighted by molar-refractivity contribution is -0.138. The van der Waals surface area contributed by atoms with Crippen LogP contribution in [0, 0.1) is 27.7 Å². The lowest BCUT2D eigenvalue weighted by Gasteiger charge is -2.05. The molecule has 9 nitrogen and oxygen atoms in total. The number of nitrogens with one attached hydrogen (secondary N) is 4. The van der Waals surface area contributed by atoms with Gasteiger partial charge in [-0.1, -0.05) is 0 Å². The number of aryl methyl sites for hydroxylation is 1. The highest BCUT2D eigenvalue weighted by atomic mass is 16.4. The van der Waals surface area contributed by atoms with Gasteiger partial charge in [0.1, 0.15) is 0 Å². The van der Waals surface area contributed by atoms with Crippen LogP contribution in [0.2, 0.25) is 0 Å². The van der Waals surface area contributed by atoms with Crippen LogP contribution >= 0.6 is 0 Å². The van der Waals surface area contributed by atoms with E-state index in [4.69, 9.17) is 0 Å². The molecule has 7 N–H and O–H groups in total. The molecule has 41 heavy (non-hydrogen) atoms. The smallest absolute Gasteiger partial charge is 0.303 e. The zero-order valence-corrected chi connectivity index (χ0v) is 24.0. The monoisotopic (exact) mass is 556 g/mol. The van der Waals surface area contributed by atoms with Crippen LogP contribution in [0.1, 0.15) is 87.6 Å². The van der Waals surface area contributed by atoms with Gasteiger partial charge in [-0.25, -0.2) is 0 Å². The number of aromatic nitrogens is 4. The maximum absolute atomic E-state index is 11.5. The highest BCUT2D eigenvalue weighted by Gasteiger charge is 2.18. The first-order chi connectivity index (χ1) is 19.4. The molecule has 0 amide bonds. The van der Waals surface area contributed by atoms with Crippen molar-refractivity contribution in [3.05, 3.63) is 89.2 Å². The van der Waals surface area contributed by atoms with Gasteiger partial charge in [-0.05, 0) is 111 Å². The quantitative estimate of drug-likeness (QED) is 0.163. The number of aliphatic carboxylic acids is 2. The predicted molar refractivity (Wildman–Crippen MR) is 157 cm³/mol. The molecule has 0 radical (unpaired) electrons. The number of H-pyrrole nitrogens is 4. The van der Waals surface area contributed by atoms with Crippen LogP contribution in [-0.2, 0) is 22.4 Å². The average molecular weight is 557 g/mol. The van der Waals surface area contributed by atoms with Crippen molar-refractivity contribution in [3.8, 4) is 0 Å². The van der Waals surface area contributed by atoms with E-state index in [-0.39, 0.29) is 12.8 Å². The molecule has 0 aromatic carbocycles. The zero-order chi connectivity index (χ0) is 29.6. The van der Waals surface area contributed by atoms with Gasteiger partial charge >= 0.3 is 11.9 Å². The van der Waals surface area contributed by atoms with Crippen molar-refractivity contribution in [2.45, 2.75) is 66.4 Å². The molecule has 5 heterocycles. The molecule has 5 rings (SSSR count). The summed E-state index contributed by atoms with van der Waals surface area (Å²) in [4.78, 5) is 37.0. The van der Waals surface area contributed by atoms with Gasteiger partial charge in [-0.2, -0.15) is 0 Å². The number of aliphatic hydroxyl groups is 1. The molecule has 0 saturated carbocycles. The molecule has 0 spiro atoms. The summed E-state index contributed by atoms with van der Waals surface area (Å²) < 4.78 is 0. The van der Waals surface area contributed by atoms with Crippen molar-refractivity contribution in [1.82, 2.24) is 19.9 Å². The Bertz CT molecular complexity index is 1930. The van der Waals surface area contributed by atoms with Crippen molar-refractivity contribution in [3.63, 3.8) is 0 Å². The van der Waals surface area contributed by atoms with E-state index < -0.39 is 18.0 Å². The average Bonchev–Trinajstić information content (AvgIpc) is 3.56. The van der Waals surface area contributed by atoms with E-state index in [1.165, 1.54) is 0 Å². The number of rotatable bonds is 7. The fourth-order valence-electron chi connectivity index (χ4n) is 5.87. The highest BCUT2D eigenvalue weighted by molar-refractivity contribution is 5.70. The second-order valence-electron chi connectivity index (χ2n) is 11.0. The van der Waals surface area contributed by atoms with Crippen LogP contribution in [0.15, 0.2) is 6.07 Å². The maximum atomic E-state index is 11.5. The first-order valence-electron chi connectivity index (χ1n) is 13.8. The number of hydrogen-bond acceptors (Lipinski definition) is 3. The van der Waals surface area contributed by atoms with Gasteiger partial charge in [0.25, 0.3) is 0 Å². The molecule has 0 saturated heterocycles. The van der Waals surface area contributed by atoms with Crippen LogP contribution in [0.4, 0.5) is 0 Å². The Hall–Kier alpha value is -4.50. The SMILES string of the molecule is Cc1c2[nH]c(c1CCC(=O)O)C=c1[nH]c(c(C)c1CCC(=O)O)=Cc1[nH]c(c(C)c1C(C)O)C=c1cc(C)c([nH]1)=C2. The molecule has 1 unspecified atom stereocenters. The molecule has 4 aromatic rings. The molecular weight excluding hydrogens is 520 g/mol. The van der Waals surface area contributed by atoms with E-state index in [1.807, 2.05) is 52.0 Å². The van der Waals surface area contributed by atoms with Crippen molar-refractivity contribution in [2.75, 3.05) is 0 Å². The molecule has 4 aromatic heterocycles. The van der Waals surface area contributed by atoms with E-state index >= 15 is 0 Å². The molecule has 1 atom stereocenters. The van der Waals surface area contributed by atoms with E-state index in [1.54, 1.807) is 6.92 Å². The first-order valence-corrected chi connectivity index (χ1v) is 13.8. The molecule has 214 valence electrons. The summed E-state index contributed by atoms with van der Waals surface area (Å²) in [7, 11) is 0. The van der Waals surface area contributed by atoms with Crippen molar-refractivity contribution in [1.29, 1.82) is 0 Å². The minimum atomic E-state index is -0.882. The molecule has 8 bridgehead atoms. The van der Waals surface area contributed by atoms with Crippen LogP contribution in [-0.4, -0.2) is 47.2 Å². The lowest BCUT2D eigenvalue weighted by atomic mass is 10.0. The summed E-state index contributed by atoms with van der Waals surface area (Å²) in [6.45, 7) is 9.71. The minimum absolute atomic E-state index is 0.00925. The van der Waals surface area contributed by atoms with Crippen LogP contribution in [0.5, 0.6) is 0 Å². The normalized spacial score (nSPS) is 13.1. The van der Waals surface area contributed by atoms with Crippen molar-refractivity contribution < 1.29 is 24.9 Å². The topological polar surface area (TPSA) is 158 Å². The van der Waals surface area contributed by atoms with Crippen LogP contribution in [0.3, 0.4) is 0 Å². The summed E-state index contributed by atoms with van der Waals surface area (Å²) in [5.74, 6) is -1.75. The Morgan fingerprint density at radius 2 is 1.27 bits per heavy atom. The molecule has 1 aliphatic heterocycles. The molecule has 9 heteroatoms. The van der Waals surface area contributed by atoms with Crippen molar-refractivity contribution >= 4 is 36.2 Å². The highest BCUT2D eigenvalue weighted by Crippen LogP contribution is 2.26. The molecule has 0 aliphatic carbocycles. The van der Waals surface area contributed by atoms with Gasteiger partial charge in [0.05, 0.1) is 6.10 Å². The number of hydrogen-bond donors (Lipinski definition) is 7. The summed E-state index contributed by atoms with van der Waals surface area (Å²) in [6, 6.07) is 2.07. The number of carboxylic acids is 2. The van der Waals surface area contributed by atoms with Gasteiger partial charge < -0.3 is 35.3 Å². The maximum Gasteiger partial charge on any atom is 0.303 e. The predicted octanol–water partition coefficient (Wildman–Crippen LogP) is 1.95. The van der Waals surface area contributed by atoms with Crippen molar-refractivity contribution in [2.24, 2.45) is 0 Å². The Kier molecular flexibility index (Phi) is 7.40. The summed E-state index contributed by atoms with van der Waals surface area (Å²) in [5.41, 5.74) is 9.77. The number of aliphatic hydroxyl groups excluding tert-OH is 1. The van der Waals surface area contributed by atoms with Gasteiger partial charge in [0, 0.05) is 62.6 Å². The van der Waals surface area contributed by atoms with E-state index in [2.05, 4.69) is 26.0 Å². The third kappa shape index (κ3) is 5.45. The third-order valence-electron chi connectivity index (χ3n) is 8.11. The second kappa shape index (κ2) is 10.8. The Balaban J connectivity index is 1.89. The van der Waals surface area contributed by atoms with E-state index in [0.717, 1.165) is 83.1 Å². The number of fused-ring (bicyclic) bond motifs is 8.